The molecule has 1 amide bonds. The quantitative estimate of drug-likeness (QED) is 0.925. The van der Waals surface area contributed by atoms with E-state index in [1.165, 1.54) is 0 Å². The van der Waals surface area contributed by atoms with Crippen LogP contribution in [0.4, 0.5) is 11.4 Å². The highest BCUT2D eigenvalue weighted by molar-refractivity contribution is 7.58. The van der Waals surface area contributed by atoms with E-state index < -0.39 is 5.97 Å². The molecule has 1 aromatic rings. The van der Waals surface area contributed by atoms with E-state index in [0.29, 0.717) is 25.1 Å². The lowest BCUT2D eigenvalue weighted by Crippen LogP contribution is -2.44. The second-order valence-corrected chi connectivity index (χ2v) is 5.96. The van der Waals surface area contributed by atoms with Crippen LogP contribution in [0, 0.1) is 11.8 Å². The van der Waals surface area contributed by atoms with Crippen LogP contribution in [0.5, 0.6) is 0 Å². The van der Waals surface area contributed by atoms with Crippen LogP contribution in [0.2, 0.25) is 0 Å². The fourth-order valence-corrected chi connectivity index (χ4v) is 3.31. The van der Waals surface area contributed by atoms with Gasteiger partial charge in [0.15, 0.2) is 0 Å². The number of amides is 1. The Hall–Kier alpha value is -2.02. The summed E-state index contributed by atoms with van der Waals surface area (Å²) < 4.78 is 8.25. The molecule has 2 unspecified atom stereocenters. The van der Waals surface area contributed by atoms with Gasteiger partial charge < -0.3 is 10.0 Å². The van der Waals surface area contributed by atoms with Crippen molar-refractivity contribution in [3.05, 3.63) is 23.8 Å². The molecule has 2 aliphatic heterocycles. The largest absolute Gasteiger partial charge is 0.481 e. The summed E-state index contributed by atoms with van der Waals surface area (Å²) in [5.74, 6) is -1.24. The first-order chi connectivity index (χ1) is 10.1. The third-order valence-corrected chi connectivity index (χ3v) is 4.57. The van der Waals surface area contributed by atoms with E-state index in [1.807, 2.05) is 6.92 Å². The van der Waals surface area contributed by atoms with E-state index in [2.05, 4.69) is 8.73 Å². The number of carbonyl (C=O) groups is 2. The Bertz CT molecular complexity index is 682. The highest BCUT2D eigenvalue weighted by Crippen LogP contribution is 2.33. The van der Waals surface area contributed by atoms with Crippen LogP contribution in [-0.2, 0) is 16.1 Å². The number of carboxylic acids is 1. The molecule has 0 spiro atoms. The maximum Gasteiger partial charge on any atom is 0.306 e. The van der Waals surface area contributed by atoms with Gasteiger partial charge >= 0.3 is 5.97 Å². The number of nitrogens with zero attached hydrogens (tertiary/aromatic N) is 3. The normalized spacial score (nSPS) is 23.6. The van der Waals surface area contributed by atoms with Crippen molar-refractivity contribution < 1.29 is 14.7 Å². The molecule has 0 bridgehead atoms. The molecule has 1 aromatic carbocycles. The fraction of sp³-hybridized carbons (Fsp3) is 0.429. The number of aliphatic carboxylic acids is 1. The minimum atomic E-state index is -0.774. The number of benzene rings is 1. The van der Waals surface area contributed by atoms with E-state index in [0.717, 1.165) is 22.7 Å². The van der Waals surface area contributed by atoms with Crippen LogP contribution < -0.4 is 0 Å². The summed E-state index contributed by atoms with van der Waals surface area (Å²) >= 11 is 1.12. The van der Waals surface area contributed by atoms with Gasteiger partial charge in [0.25, 0.3) is 5.91 Å². The van der Waals surface area contributed by atoms with E-state index in [9.17, 15) is 9.59 Å². The number of rotatable bonds is 2. The number of carbonyl (C=O) groups excluding carboxylic acids is 1. The van der Waals surface area contributed by atoms with Gasteiger partial charge in [0.2, 0.25) is 0 Å². The Morgan fingerprint density at radius 3 is 2.81 bits per heavy atom. The molecule has 0 aliphatic carbocycles. The molecular formula is C14H15N3O3S. The van der Waals surface area contributed by atoms with Gasteiger partial charge in [-0.15, -0.1) is 0 Å². The van der Waals surface area contributed by atoms with Crippen molar-refractivity contribution in [2.75, 3.05) is 13.1 Å². The van der Waals surface area contributed by atoms with Gasteiger partial charge in [-0.2, -0.15) is 8.73 Å². The maximum absolute atomic E-state index is 12.5. The minimum absolute atomic E-state index is 0.0372. The number of hydrogen-bond donors (Lipinski definition) is 1. The Morgan fingerprint density at radius 2 is 2.10 bits per heavy atom. The molecule has 1 fully saturated rings. The van der Waals surface area contributed by atoms with E-state index in [4.69, 9.17) is 5.11 Å². The zero-order chi connectivity index (χ0) is 15.0. The van der Waals surface area contributed by atoms with Crippen molar-refractivity contribution in [2.45, 2.75) is 13.3 Å². The number of hydrogen-bond acceptors (Lipinski definition) is 4. The Labute approximate surface area is 125 Å². The molecule has 2 heterocycles. The summed E-state index contributed by atoms with van der Waals surface area (Å²) in [5, 5.41) is 9.13. The van der Waals surface area contributed by atoms with Crippen molar-refractivity contribution in [1.29, 1.82) is 0 Å². The first kappa shape index (κ1) is 13.9. The molecule has 0 radical (unpaired) electrons. The fourth-order valence-electron chi connectivity index (χ4n) is 2.79. The number of fused-ring (bicyclic) bond motifs is 1. The van der Waals surface area contributed by atoms with Crippen molar-refractivity contribution in [3.63, 3.8) is 0 Å². The van der Waals surface area contributed by atoms with Crippen molar-refractivity contribution in [1.82, 2.24) is 4.90 Å². The lowest BCUT2D eigenvalue weighted by Gasteiger charge is -2.35. The molecule has 2 atom stereocenters. The van der Waals surface area contributed by atoms with Crippen molar-refractivity contribution in [2.24, 2.45) is 20.6 Å². The zero-order valence-corrected chi connectivity index (χ0v) is 12.3. The molecule has 0 aromatic heterocycles. The van der Waals surface area contributed by atoms with Crippen LogP contribution >= 0.6 is 0 Å². The molecule has 1 N–H and O–H groups in total. The zero-order valence-electron chi connectivity index (χ0n) is 11.5. The third kappa shape index (κ3) is 2.61. The third-order valence-electron chi connectivity index (χ3n) is 4.01. The second-order valence-electron chi connectivity index (χ2n) is 5.43. The molecule has 7 heteroatoms. The van der Waals surface area contributed by atoms with Crippen LogP contribution in [0.25, 0.3) is 0 Å². The highest BCUT2D eigenvalue weighted by atomic mass is 32.1. The monoisotopic (exact) mass is 305 g/mol. The number of piperidine rings is 1. The number of carboxylic acid groups (broad SMARTS) is 1. The van der Waals surface area contributed by atoms with Gasteiger partial charge in [0, 0.05) is 18.7 Å². The van der Waals surface area contributed by atoms with Gasteiger partial charge in [-0.05, 0) is 30.5 Å². The molecule has 2 aliphatic rings. The predicted octanol–water partition coefficient (Wildman–Crippen LogP) is 2.60. The molecule has 1 saturated heterocycles. The van der Waals surface area contributed by atoms with E-state index in [1.54, 1.807) is 23.1 Å². The standard InChI is InChI=1S/C14H15N3O3S/c1-8-7-17(5-4-10(8)14(19)20)13(18)9-2-3-11-12(6-9)16-21-15-11/h2-3,6,8,10H,4-5,7H2,1H3,(H,19,20). The SMILES string of the molecule is CC1CN(C(=O)c2ccc3c(c2)N=S=N3)CCC1C(=O)O. The van der Waals surface area contributed by atoms with Crippen LogP contribution in [0.3, 0.4) is 0 Å². The smallest absolute Gasteiger partial charge is 0.306 e. The lowest BCUT2D eigenvalue weighted by molar-refractivity contribution is -0.145. The Kier molecular flexibility index (Phi) is 3.59. The van der Waals surface area contributed by atoms with Crippen LogP contribution in [0.1, 0.15) is 23.7 Å². The molecule has 0 saturated carbocycles. The van der Waals surface area contributed by atoms with Crippen molar-refractivity contribution in [3.8, 4) is 0 Å². The van der Waals surface area contributed by atoms with Gasteiger partial charge in [-0.3, -0.25) is 9.59 Å². The van der Waals surface area contributed by atoms with Gasteiger partial charge in [0.05, 0.1) is 17.3 Å². The first-order valence-corrected chi connectivity index (χ1v) is 7.53. The van der Waals surface area contributed by atoms with Gasteiger partial charge in [-0.1, -0.05) is 6.92 Å². The average Bonchev–Trinajstić information content (AvgIpc) is 2.93. The summed E-state index contributed by atoms with van der Waals surface area (Å²) in [6.45, 7) is 2.84. The van der Waals surface area contributed by atoms with Crippen LogP contribution in [-0.4, -0.2) is 35.0 Å². The average molecular weight is 305 g/mol. The molecular weight excluding hydrogens is 290 g/mol. The summed E-state index contributed by atoms with van der Waals surface area (Å²) in [5.41, 5.74) is 2.09. The number of likely N-dealkylation sites (tertiary alicyclic amines) is 1. The predicted molar refractivity (Wildman–Crippen MR) is 78.8 cm³/mol. The minimum Gasteiger partial charge on any atom is -0.481 e. The molecule has 3 rings (SSSR count). The summed E-state index contributed by atoms with van der Waals surface area (Å²) in [7, 11) is 0. The highest BCUT2D eigenvalue weighted by Gasteiger charge is 2.33. The molecule has 110 valence electrons. The van der Waals surface area contributed by atoms with Gasteiger partial charge in [-0.25, -0.2) is 0 Å². The molecule has 6 nitrogen and oxygen atoms in total. The molecule has 21 heavy (non-hydrogen) atoms. The van der Waals surface area contributed by atoms with Crippen LogP contribution in [0.15, 0.2) is 26.9 Å². The summed E-state index contributed by atoms with van der Waals surface area (Å²) in [4.78, 5) is 25.4. The van der Waals surface area contributed by atoms with E-state index in [-0.39, 0.29) is 17.7 Å². The van der Waals surface area contributed by atoms with E-state index >= 15 is 0 Å². The second kappa shape index (κ2) is 5.40. The van der Waals surface area contributed by atoms with Gasteiger partial charge in [0.1, 0.15) is 11.4 Å². The summed E-state index contributed by atoms with van der Waals surface area (Å²) in [6.07, 6.45) is 0.503. The lowest BCUT2D eigenvalue weighted by atomic mass is 9.87. The van der Waals surface area contributed by atoms with Crippen molar-refractivity contribution >= 4 is 34.6 Å². The topological polar surface area (TPSA) is 82.3 Å². The maximum atomic E-state index is 12.5. The summed E-state index contributed by atoms with van der Waals surface area (Å²) in [6, 6.07) is 5.29. The Morgan fingerprint density at radius 1 is 1.33 bits per heavy atom. The first-order valence-electron chi connectivity index (χ1n) is 6.80. The Balaban J connectivity index is 1.75.